The second-order valence-electron chi connectivity index (χ2n) is 4.38. The summed E-state index contributed by atoms with van der Waals surface area (Å²) in [5, 5.41) is -0.371. The van der Waals surface area contributed by atoms with E-state index in [4.69, 9.17) is 22.4 Å². The van der Waals surface area contributed by atoms with E-state index in [1.54, 1.807) is 6.20 Å². The molecule has 98 valence electrons. The first kappa shape index (κ1) is 12.7. The molecule has 0 saturated heterocycles. The van der Waals surface area contributed by atoms with Crippen LogP contribution in [0.3, 0.4) is 0 Å². The summed E-state index contributed by atoms with van der Waals surface area (Å²) in [6.45, 7) is 0. The van der Waals surface area contributed by atoms with Crippen molar-refractivity contribution in [2.24, 2.45) is 0 Å². The molecule has 3 nitrogen and oxygen atoms in total. The van der Waals surface area contributed by atoms with Crippen molar-refractivity contribution < 1.29 is 4.42 Å². The number of benzene rings is 1. The molecule has 0 aliphatic rings. The lowest BCUT2D eigenvalue weighted by atomic mass is 9.95. The number of aromatic nitrogens is 2. The second kappa shape index (κ2) is 5.36. The van der Waals surface area contributed by atoms with Crippen LogP contribution in [0, 0.1) is 12.3 Å². The number of hydrogen-bond acceptors (Lipinski definition) is 3. The van der Waals surface area contributed by atoms with Crippen molar-refractivity contribution in [3.8, 4) is 12.3 Å². The molecule has 0 radical (unpaired) electrons. The Balaban J connectivity index is 1.97. The molecule has 0 aliphatic heterocycles. The van der Waals surface area contributed by atoms with E-state index in [0.717, 1.165) is 16.8 Å². The normalized spacial score (nSPS) is 13.8. The van der Waals surface area contributed by atoms with Crippen LogP contribution in [0.4, 0.5) is 0 Å². The van der Waals surface area contributed by atoms with Crippen molar-refractivity contribution in [2.75, 3.05) is 0 Å². The fourth-order valence-electron chi connectivity index (χ4n) is 2.12. The van der Waals surface area contributed by atoms with Crippen molar-refractivity contribution in [1.29, 1.82) is 0 Å². The van der Waals surface area contributed by atoms with E-state index in [1.165, 1.54) is 6.39 Å². The van der Waals surface area contributed by atoms with Crippen molar-refractivity contribution in [3.63, 3.8) is 0 Å². The molecule has 0 saturated carbocycles. The molecule has 3 aromatic rings. The highest BCUT2D eigenvalue weighted by Crippen LogP contribution is 2.36. The Hall–Kier alpha value is -2.31. The van der Waals surface area contributed by atoms with Gasteiger partial charge in [0.1, 0.15) is 5.52 Å². The maximum Gasteiger partial charge on any atom is 0.181 e. The van der Waals surface area contributed by atoms with Crippen LogP contribution in [0.15, 0.2) is 53.4 Å². The van der Waals surface area contributed by atoms with Gasteiger partial charge in [-0.25, -0.2) is 4.98 Å². The maximum absolute atomic E-state index is 6.53. The monoisotopic (exact) mass is 282 g/mol. The quantitative estimate of drug-likeness (QED) is 0.540. The van der Waals surface area contributed by atoms with E-state index in [0.29, 0.717) is 5.58 Å². The molecule has 0 aliphatic carbocycles. The standard InChI is InChI=1S/C16H11ClN2O/c1-2-12(13-5-3-4-8-18-13)16(17)11-6-7-14-15(9-11)20-10-19-14/h1,3-10,12,16H. The van der Waals surface area contributed by atoms with Gasteiger partial charge in [-0.1, -0.05) is 18.1 Å². The molecule has 4 heteroatoms. The zero-order chi connectivity index (χ0) is 13.9. The minimum Gasteiger partial charge on any atom is -0.443 e. The highest BCUT2D eigenvalue weighted by atomic mass is 35.5. The Morgan fingerprint density at radius 1 is 1.20 bits per heavy atom. The van der Waals surface area contributed by atoms with Gasteiger partial charge in [0.25, 0.3) is 0 Å². The lowest BCUT2D eigenvalue weighted by molar-refractivity contribution is 0.601. The first-order valence-electron chi connectivity index (χ1n) is 6.14. The number of nitrogens with zero attached hydrogens (tertiary/aromatic N) is 2. The molecule has 1 aromatic carbocycles. The van der Waals surface area contributed by atoms with E-state index < -0.39 is 0 Å². The smallest absolute Gasteiger partial charge is 0.181 e. The lowest BCUT2D eigenvalue weighted by Gasteiger charge is -2.16. The summed E-state index contributed by atoms with van der Waals surface area (Å²) in [5.74, 6) is 2.42. The first-order chi connectivity index (χ1) is 9.79. The highest BCUT2D eigenvalue weighted by Gasteiger charge is 2.22. The van der Waals surface area contributed by atoms with E-state index in [1.807, 2.05) is 36.4 Å². The molecule has 0 fully saturated rings. The lowest BCUT2D eigenvalue weighted by Crippen LogP contribution is -2.06. The van der Waals surface area contributed by atoms with Gasteiger partial charge in [0.2, 0.25) is 0 Å². The Kier molecular flexibility index (Phi) is 3.41. The van der Waals surface area contributed by atoms with Gasteiger partial charge in [0.15, 0.2) is 12.0 Å². The minimum absolute atomic E-state index is 0.293. The van der Waals surface area contributed by atoms with Crippen LogP contribution < -0.4 is 0 Å². The Labute approximate surface area is 121 Å². The SMILES string of the molecule is C#CC(c1ccccn1)C(Cl)c1ccc2ncoc2c1. The summed E-state index contributed by atoms with van der Waals surface area (Å²) in [6, 6.07) is 11.3. The summed E-state index contributed by atoms with van der Waals surface area (Å²) in [5.41, 5.74) is 3.18. The van der Waals surface area contributed by atoms with Crippen LogP contribution in [0.25, 0.3) is 11.1 Å². The van der Waals surface area contributed by atoms with Gasteiger partial charge >= 0.3 is 0 Å². The fourth-order valence-corrected chi connectivity index (χ4v) is 2.45. The van der Waals surface area contributed by atoms with Gasteiger partial charge in [-0.3, -0.25) is 4.98 Å². The van der Waals surface area contributed by atoms with Crippen LogP contribution in [0.5, 0.6) is 0 Å². The average Bonchev–Trinajstić information content (AvgIpc) is 2.96. The van der Waals surface area contributed by atoms with E-state index in [9.17, 15) is 0 Å². The van der Waals surface area contributed by atoms with Gasteiger partial charge in [0.05, 0.1) is 17.0 Å². The number of alkyl halides is 1. The predicted octanol–water partition coefficient (Wildman–Crippen LogP) is 3.92. The predicted molar refractivity (Wildman–Crippen MR) is 78.4 cm³/mol. The average molecular weight is 283 g/mol. The Bertz CT molecular complexity index is 761. The van der Waals surface area contributed by atoms with Crippen LogP contribution in [0.2, 0.25) is 0 Å². The molecule has 2 aromatic heterocycles. The minimum atomic E-state index is -0.371. The molecular weight excluding hydrogens is 272 g/mol. The number of oxazole rings is 1. The zero-order valence-corrected chi connectivity index (χ0v) is 11.3. The molecule has 20 heavy (non-hydrogen) atoms. The third-order valence-electron chi connectivity index (χ3n) is 3.15. The second-order valence-corrected chi connectivity index (χ2v) is 4.85. The number of pyridine rings is 1. The zero-order valence-electron chi connectivity index (χ0n) is 10.5. The number of fused-ring (bicyclic) bond motifs is 1. The van der Waals surface area contributed by atoms with Gasteiger partial charge in [0, 0.05) is 6.20 Å². The van der Waals surface area contributed by atoms with Crippen LogP contribution in [-0.4, -0.2) is 9.97 Å². The summed E-state index contributed by atoms with van der Waals surface area (Å²) >= 11 is 6.53. The fraction of sp³-hybridized carbons (Fsp3) is 0.125. The molecule has 2 unspecified atom stereocenters. The van der Waals surface area contributed by atoms with Crippen LogP contribution >= 0.6 is 11.6 Å². The Morgan fingerprint density at radius 3 is 2.85 bits per heavy atom. The number of rotatable bonds is 3. The molecule has 2 heterocycles. The van der Waals surface area contributed by atoms with Crippen molar-refractivity contribution >= 4 is 22.7 Å². The van der Waals surface area contributed by atoms with Gasteiger partial charge in [-0.05, 0) is 29.8 Å². The van der Waals surface area contributed by atoms with E-state index in [2.05, 4.69) is 15.9 Å². The van der Waals surface area contributed by atoms with Gasteiger partial charge in [-0.15, -0.1) is 18.0 Å². The topological polar surface area (TPSA) is 38.9 Å². The molecular formula is C16H11ClN2O. The molecule has 0 bridgehead atoms. The van der Waals surface area contributed by atoms with Crippen molar-refractivity contribution in [2.45, 2.75) is 11.3 Å². The van der Waals surface area contributed by atoms with Crippen molar-refractivity contribution in [1.82, 2.24) is 9.97 Å². The summed E-state index contributed by atoms with van der Waals surface area (Å²) in [6.07, 6.45) is 8.75. The molecule has 0 spiro atoms. The number of terminal acetylenes is 1. The largest absolute Gasteiger partial charge is 0.443 e. The summed E-state index contributed by atoms with van der Waals surface area (Å²) in [4.78, 5) is 8.37. The first-order valence-corrected chi connectivity index (χ1v) is 6.57. The maximum atomic E-state index is 6.53. The van der Waals surface area contributed by atoms with Gasteiger partial charge in [-0.2, -0.15) is 0 Å². The molecule has 3 rings (SSSR count). The van der Waals surface area contributed by atoms with Crippen molar-refractivity contribution in [3.05, 3.63) is 60.2 Å². The third-order valence-corrected chi connectivity index (χ3v) is 3.66. The van der Waals surface area contributed by atoms with E-state index in [-0.39, 0.29) is 11.3 Å². The summed E-state index contributed by atoms with van der Waals surface area (Å²) in [7, 11) is 0. The van der Waals surface area contributed by atoms with Gasteiger partial charge < -0.3 is 4.42 Å². The third kappa shape index (κ3) is 2.26. The van der Waals surface area contributed by atoms with Crippen LogP contribution in [-0.2, 0) is 0 Å². The molecule has 2 atom stereocenters. The molecule has 0 N–H and O–H groups in total. The molecule has 0 amide bonds. The van der Waals surface area contributed by atoms with E-state index >= 15 is 0 Å². The number of hydrogen-bond donors (Lipinski definition) is 0. The summed E-state index contributed by atoms with van der Waals surface area (Å²) < 4.78 is 5.29. The Morgan fingerprint density at radius 2 is 2.10 bits per heavy atom. The number of halogens is 1. The highest BCUT2D eigenvalue weighted by molar-refractivity contribution is 6.21. The van der Waals surface area contributed by atoms with Crippen LogP contribution in [0.1, 0.15) is 22.6 Å².